The maximum atomic E-state index is 13.4. The fraction of sp³-hybridized carbons (Fsp3) is 0.0870. The number of imidazole rings is 1. The molecule has 0 aliphatic carbocycles. The number of carbonyl (C=O) groups is 1. The van der Waals surface area contributed by atoms with Gasteiger partial charge >= 0.3 is 6.18 Å². The van der Waals surface area contributed by atoms with Crippen molar-refractivity contribution in [2.24, 2.45) is 0 Å². The van der Waals surface area contributed by atoms with Crippen molar-refractivity contribution >= 4 is 23.4 Å². The number of pyridine rings is 1. The molecule has 0 atom stereocenters. The van der Waals surface area contributed by atoms with Gasteiger partial charge in [-0.1, -0.05) is 30.0 Å². The molecule has 33 heavy (non-hydrogen) atoms. The minimum Gasteiger partial charge on any atom is -0.457 e. The first-order valence-electron chi connectivity index (χ1n) is 9.72. The largest absolute Gasteiger partial charge is 0.457 e. The fourth-order valence-electron chi connectivity index (χ4n) is 2.90. The van der Waals surface area contributed by atoms with Gasteiger partial charge in [-0.3, -0.25) is 9.78 Å². The summed E-state index contributed by atoms with van der Waals surface area (Å²) >= 11 is 0.875. The Hall–Kier alpha value is -3.79. The van der Waals surface area contributed by atoms with Gasteiger partial charge in [-0.2, -0.15) is 13.2 Å². The molecule has 2 aromatic heterocycles. The van der Waals surface area contributed by atoms with Crippen molar-refractivity contribution < 1.29 is 22.7 Å². The number of para-hydroxylation sites is 1. The number of thioether (sulfide) groups is 1. The minimum absolute atomic E-state index is 0.0112. The molecule has 0 bridgehead atoms. The number of anilines is 1. The second-order valence-electron chi connectivity index (χ2n) is 6.78. The number of aromatic amines is 1. The van der Waals surface area contributed by atoms with Gasteiger partial charge in [-0.05, 0) is 48.5 Å². The van der Waals surface area contributed by atoms with Gasteiger partial charge < -0.3 is 15.0 Å². The van der Waals surface area contributed by atoms with E-state index in [0.29, 0.717) is 17.2 Å². The van der Waals surface area contributed by atoms with E-state index in [4.69, 9.17) is 4.74 Å². The Morgan fingerprint density at radius 3 is 2.39 bits per heavy atom. The first-order valence-corrected chi connectivity index (χ1v) is 10.7. The topological polar surface area (TPSA) is 79.9 Å². The average Bonchev–Trinajstić information content (AvgIpc) is 3.26. The lowest BCUT2D eigenvalue weighted by Crippen LogP contribution is -2.14. The quantitative estimate of drug-likeness (QED) is 0.323. The van der Waals surface area contributed by atoms with Gasteiger partial charge in [-0.15, -0.1) is 0 Å². The summed E-state index contributed by atoms with van der Waals surface area (Å²) in [5.74, 6) is 0.781. The number of carbonyl (C=O) groups excluding carboxylic acids is 1. The van der Waals surface area contributed by atoms with Crippen LogP contribution in [0.15, 0.2) is 84.3 Å². The van der Waals surface area contributed by atoms with E-state index in [9.17, 15) is 18.0 Å². The maximum Gasteiger partial charge on any atom is 0.433 e. The van der Waals surface area contributed by atoms with E-state index in [1.165, 1.54) is 24.5 Å². The summed E-state index contributed by atoms with van der Waals surface area (Å²) in [4.78, 5) is 22.4. The van der Waals surface area contributed by atoms with Crippen LogP contribution in [-0.2, 0) is 11.0 Å². The summed E-state index contributed by atoms with van der Waals surface area (Å²) in [7, 11) is 0. The number of benzene rings is 2. The van der Waals surface area contributed by atoms with Crippen LogP contribution < -0.4 is 10.1 Å². The molecule has 0 fully saturated rings. The van der Waals surface area contributed by atoms with E-state index in [1.54, 1.807) is 24.3 Å². The predicted octanol–water partition coefficient (Wildman–Crippen LogP) is 6.01. The second kappa shape index (κ2) is 9.78. The highest BCUT2D eigenvalue weighted by Gasteiger charge is 2.37. The number of aromatic nitrogens is 3. The molecule has 0 spiro atoms. The molecular weight excluding hydrogens is 453 g/mol. The Labute approximate surface area is 191 Å². The molecule has 0 saturated heterocycles. The molecule has 4 aromatic rings. The van der Waals surface area contributed by atoms with Crippen molar-refractivity contribution in [1.82, 2.24) is 15.0 Å². The number of alkyl halides is 3. The number of hydrogen-bond acceptors (Lipinski definition) is 5. The zero-order valence-corrected chi connectivity index (χ0v) is 17.8. The SMILES string of the molecule is O=C(CSc1nc(-c2cccnc2)c(C(F)(F)F)[nH]1)Nc1ccc(Oc2ccccc2)cc1. The molecule has 10 heteroatoms. The van der Waals surface area contributed by atoms with Crippen LogP contribution in [0.25, 0.3) is 11.3 Å². The molecular formula is C23H17F3N4O2S. The number of nitrogens with one attached hydrogen (secondary N) is 2. The number of halogens is 3. The predicted molar refractivity (Wildman–Crippen MR) is 119 cm³/mol. The van der Waals surface area contributed by atoms with Gasteiger partial charge in [-0.25, -0.2) is 4.98 Å². The average molecular weight is 470 g/mol. The summed E-state index contributed by atoms with van der Waals surface area (Å²) in [6, 6.07) is 19.0. The first kappa shape index (κ1) is 22.4. The third kappa shape index (κ3) is 5.92. The van der Waals surface area contributed by atoms with Crippen LogP contribution in [-0.4, -0.2) is 26.6 Å². The highest BCUT2D eigenvalue weighted by molar-refractivity contribution is 7.99. The Kier molecular flexibility index (Phi) is 6.64. The monoisotopic (exact) mass is 470 g/mol. The number of ether oxygens (including phenoxy) is 1. The minimum atomic E-state index is -4.62. The normalized spacial score (nSPS) is 11.2. The molecule has 2 N–H and O–H groups in total. The summed E-state index contributed by atoms with van der Waals surface area (Å²) in [6.45, 7) is 0. The van der Waals surface area contributed by atoms with Crippen molar-refractivity contribution in [3.63, 3.8) is 0 Å². The van der Waals surface area contributed by atoms with Crippen LogP contribution in [0.5, 0.6) is 11.5 Å². The Balaban J connectivity index is 1.37. The van der Waals surface area contributed by atoms with Crippen molar-refractivity contribution in [3.8, 4) is 22.8 Å². The number of hydrogen-bond donors (Lipinski definition) is 2. The van der Waals surface area contributed by atoms with Gasteiger partial charge in [0, 0.05) is 23.6 Å². The Bertz CT molecular complexity index is 1210. The van der Waals surface area contributed by atoms with E-state index < -0.39 is 11.9 Å². The second-order valence-corrected chi connectivity index (χ2v) is 7.75. The van der Waals surface area contributed by atoms with Crippen molar-refractivity contribution in [3.05, 3.63) is 84.8 Å². The van der Waals surface area contributed by atoms with Crippen LogP contribution in [0.3, 0.4) is 0 Å². The molecule has 168 valence electrons. The third-order valence-electron chi connectivity index (χ3n) is 4.36. The summed E-state index contributed by atoms with van der Waals surface area (Å²) in [5.41, 5.74) is -0.470. The number of nitrogens with zero attached hydrogens (tertiary/aromatic N) is 2. The van der Waals surface area contributed by atoms with Crippen LogP contribution in [0, 0.1) is 0 Å². The van der Waals surface area contributed by atoms with E-state index in [0.717, 1.165) is 11.8 Å². The molecule has 6 nitrogen and oxygen atoms in total. The lowest BCUT2D eigenvalue weighted by Gasteiger charge is -2.08. The number of H-pyrrole nitrogens is 1. The molecule has 2 aromatic carbocycles. The van der Waals surface area contributed by atoms with Crippen molar-refractivity contribution in [2.45, 2.75) is 11.3 Å². The third-order valence-corrected chi connectivity index (χ3v) is 5.23. The van der Waals surface area contributed by atoms with E-state index in [2.05, 4.69) is 20.3 Å². The number of rotatable bonds is 7. The summed E-state index contributed by atoms with van der Waals surface area (Å²) < 4.78 is 45.9. The van der Waals surface area contributed by atoms with E-state index >= 15 is 0 Å². The van der Waals surface area contributed by atoms with Gasteiger partial charge in [0.2, 0.25) is 5.91 Å². The van der Waals surface area contributed by atoms with E-state index in [1.807, 2.05) is 30.3 Å². The fourth-order valence-corrected chi connectivity index (χ4v) is 3.57. The molecule has 0 aliphatic rings. The van der Waals surface area contributed by atoms with Crippen LogP contribution in [0.1, 0.15) is 5.69 Å². The number of amides is 1. The van der Waals surface area contributed by atoms with Crippen molar-refractivity contribution in [2.75, 3.05) is 11.1 Å². The van der Waals surface area contributed by atoms with Crippen molar-refractivity contribution in [1.29, 1.82) is 0 Å². The van der Waals surface area contributed by atoms with E-state index in [-0.39, 0.29) is 28.1 Å². The molecule has 0 aliphatic heterocycles. The Morgan fingerprint density at radius 2 is 1.73 bits per heavy atom. The lowest BCUT2D eigenvalue weighted by molar-refractivity contribution is -0.140. The molecule has 0 radical (unpaired) electrons. The summed E-state index contributed by atoms with van der Waals surface area (Å²) in [6.07, 6.45) is -1.86. The smallest absolute Gasteiger partial charge is 0.433 e. The van der Waals surface area contributed by atoms with Crippen LogP contribution in [0.2, 0.25) is 0 Å². The zero-order valence-electron chi connectivity index (χ0n) is 17.0. The Morgan fingerprint density at radius 1 is 1.00 bits per heavy atom. The van der Waals surface area contributed by atoms with Gasteiger partial charge in [0.1, 0.15) is 22.9 Å². The molecule has 2 heterocycles. The maximum absolute atomic E-state index is 13.4. The highest BCUT2D eigenvalue weighted by Crippen LogP contribution is 2.36. The first-order chi connectivity index (χ1) is 15.9. The molecule has 1 amide bonds. The zero-order chi connectivity index (χ0) is 23.3. The van der Waals surface area contributed by atoms with Crippen LogP contribution >= 0.6 is 11.8 Å². The summed E-state index contributed by atoms with van der Waals surface area (Å²) in [5, 5.41) is 2.69. The van der Waals surface area contributed by atoms with Gasteiger partial charge in [0.15, 0.2) is 5.16 Å². The standard InChI is InChI=1S/C23H17F3N4O2S/c24-23(25,26)21-20(15-5-4-12-27-13-15)29-22(30-21)33-14-19(31)28-16-8-10-18(11-9-16)32-17-6-2-1-3-7-17/h1-13H,14H2,(H,28,31)(H,29,30). The highest BCUT2D eigenvalue weighted by atomic mass is 32.2. The van der Waals surface area contributed by atoms with Crippen LogP contribution in [0.4, 0.5) is 18.9 Å². The lowest BCUT2D eigenvalue weighted by atomic mass is 10.2. The molecule has 0 unspecified atom stereocenters. The van der Waals surface area contributed by atoms with Gasteiger partial charge in [0.05, 0.1) is 5.75 Å². The molecule has 0 saturated carbocycles. The van der Waals surface area contributed by atoms with Gasteiger partial charge in [0.25, 0.3) is 0 Å². The molecule has 4 rings (SSSR count).